The van der Waals surface area contributed by atoms with Crippen molar-refractivity contribution in [1.82, 2.24) is 0 Å². The highest BCUT2D eigenvalue weighted by molar-refractivity contribution is 6.48. The molecule has 1 atom stereocenters. The van der Waals surface area contributed by atoms with Crippen LogP contribution in [0.25, 0.3) is 0 Å². The predicted octanol–water partition coefficient (Wildman–Crippen LogP) is 6.90. The fourth-order valence-electron chi connectivity index (χ4n) is 3.79. The number of anilines is 2. The number of imide groups is 1. The maximum absolute atomic E-state index is 13.4. The van der Waals surface area contributed by atoms with Gasteiger partial charge in [-0.2, -0.15) is 18.3 Å². The third-order valence-electron chi connectivity index (χ3n) is 5.47. The Labute approximate surface area is 209 Å². The van der Waals surface area contributed by atoms with E-state index >= 15 is 0 Å². The average Bonchev–Trinajstić information content (AvgIpc) is 3.25. The molecule has 35 heavy (non-hydrogen) atoms. The minimum atomic E-state index is -4.54. The quantitative estimate of drug-likeness (QED) is 0.376. The minimum Gasteiger partial charge on any atom is -0.274 e. The number of carbonyl (C=O) groups excluding carboxylic acids is 2. The molecule has 4 rings (SSSR count). The highest BCUT2D eigenvalue weighted by Crippen LogP contribution is 2.37. The van der Waals surface area contributed by atoms with E-state index in [9.17, 15) is 22.8 Å². The summed E-state index contributed by atoms with van der Waals surface area (Å²) in [5.74, 6) is -1.36. The summed E-state index contributed by atoms with van der Waals surface area (Å²) in [5.41, 5.74) is 0.717. The van der Waals surface area contributed by atoms with E-state index in [0.717, 1.165) is 34.7 Å². The number of hydrazone groups is 1. The summed E-state index contributed by atoms with van der Waals surface area (Å²) in [4.78, 5) is 26.6. The van der Waals surface area contributed by atoms with E-state index in [1.54, 1.807) is 41.4 Å². The minimum absolute atomic E-state index is 0.0196. The van der Waals surface area contributed by atoms with Gasteiger partial charge in [0.2, 0.25) is 5.91 Å². The molecule has 0 aliphatic carbocycles. The lowest BCUT2D eigenvalue weighted by Crippen LogP contribution is -2.39. The van der Waals surface area contributed by atoms with E-state index < -0.39 is 23.6 Å². The molecule has 3 aromatic rings. The van der Waals surface area contributed by atoms with Crippen LogP contribution < -0.4 is 9.91 Å². The van der Waals surface area contributed by atoms with Crippen LogP contribution >= 0.6 is 23.2 Å². The zero-order valence-electron chi connectivity index (χ0n) is 18.3. The monoisotopic (exact) mass is 519 g/mol. The summed E-state index contributed by atoms with van der Waals surface area (Å²) < 4.78 is 38.9. The summed E-state index contributed by atoms with van der Waals surface area (Å²) in [6.45, 7) is 1.17. The first kappa shape index (κ1) is 24.8. The van der Waals surface area contributed by atoms with Crippen LogP contribution in [0.4, 0.5) is 24.5 Å². The van der Waals surface area contributed by atoms with Crippen LogP contribution in [0.1, 0.15) is 30.5 Å². The number of carbonyl (C=O) groups is 2. The van der Waals surface area contributed by atoms with Crippen molar-refractivity contribution < 1.29 is 22.8 Å². The molecule has 1 unspecified atom stereocenters. The van der Waals surface area contributed by atoms with Crippen LogP contribution in [-0.2, 0) is 15.8 Å². The molecule has 1 aliphatic heterocycles. The van der Waals surface area contributed by atoms with E-state index in [1.807, 2.05) is 12.1 Å². The molecule has 0 fully saturated rings. The van der Waals surface area contributed by atoms with Gasteiger partial charge in [-0.25, -0.2) is 4.90 Å². The average molecular weight is 520 g/mol. The molecule has 3 aromatic carbocycles. The molecule has 0 saturated heterocycles. The Bertz CT molecular complexity index is 1280. The lowest BCUT2D eigenvalue weighted by atomic mass is 10.0. The first-order valence-electron chi connectivity index (χ1n) is 10.4. The van der Waals surface area contributed by atoms with Crippen LogP contribution in [0.15, 0.2) is 77.9 Å². The summed E-state index contributed by atoms with van der Waals surface area (Å²) in [6, 6.07) is 17.4. The first-order chi connectivity index (χ1) is 16.5. The molecule has 0 N–H and O–H groups in total. The molecule has 2 amide bonds. The van der Waals surface area contributed by atoms with Gasteiger partial charge in [-0.3, -0.25) is 14.6 Å². The Morgan fingerprint density at radius 2 is 1.46 bits per heavy atom. The van der Waals surface area contributed by atoms with Crippen LogP contribution in [0.3, 0.4) is 0 Å². The zero-order chi connectivity index (χ0) is 25.3. The number of hydrogen-bond acceptors (Lipinski definition) is 4. The summed E-state index contributed by atoms with van der Waals surface area (Å²) in [6.07, 6.45) is -4.38. The van der Waals surface area contributed by atoms with Gasteiger partial charge in [-0.05, 0) is 66.2 Å². The summed E-state index contributed by atoms with van der Waals surface area (Å²) in [7, 11) is 0. The maximum atomic E-state index is 13.4. The van der Waals surface area contributed by atoms with Crippen molar-refractivity contribution in [3.63, 3.8) is 0 Å². The fraction of sp³-hybridized carbons (Fsp3) is 0.160. The van der Waals surface area contributed by atoms with Gasteiger partial charge in [0.25, 0.3) is 5.91 Å². The second-order valence-corrected chi connectivity index (χ2v) is 8.72. The Hall–Kier alpha value is -3.36. The first-order valence-corrected chi connectivity index (χ1v) is 11.2. The molecule has 0 spiro atoms. The molecule has 0 bridgehead atoms. The van der Waals surface area contributed by atoms with Crippen LogP contribution in [0.2, 0.25) is 10.0 Å². The summed E-state index contributed by atoms with van der Waals surface area (Å²) in [5, 5.41) is 7.23. The molecule has 180 valence electrons. The van der Waals surface area contributed by atoms with E-state index in [-0.39, 0.29) is 23.9 Å². The SMILES string of the molecule is CC(=O)N(C(=O)C1=NN(c2ccc(Cl)cc2)C(c2ccc(Cl)cc2)C1)c1ccc(C(F)(F)F)cc1. The molecular weight excluding hydrogens is 502 g/mol. The Balaban J connectivity index is 1.70. The van der Waals surface area contributed by atoms with E-state index in [0.29, 0.717) is 15.7 Å². The molecule has 0 saturated carbocycles. The molecule has 0 aromatic heterocycles. The van der Waals surface area contributed by atoms with Gasteiger partial charge in [0.15, 0.2) is 0 Å². The van der Waals surface area contributed by atoms with Gasteiger partial charge in [0.1, 0.15) is 5.71 Å². The van der Waals surface area contributed by atoms with Crippen molar-refractivity contribution in [2.45, 2.75) is 25.6 Å². The number of hydrogen-bond donors (Lipinski definition) is 0. The number of amides is 2. The molecule has 1 heterocycles. The van der Waals surface area contributed by atoms with Crippen molar-refractivity contribution in [2.75, 3.05) is 9.91 Å². The van der Waals surface area contributed by atoms with Gasteiger partial charge >= 0.3 is 6.18 Å². The fourth-order valence-corrected chi connectivity index (χ4v) is 4.04. The molecule has 1 aliphatic rings. The van der Waals surface area contributed by atoms with Crippen LogP contribution in [-0.4, -0.2) is 17.5 Å². The Morgan fingerprint density at radius 3 is 1.97 bits per heavy atom. The standard InChI is InChI=1S/C25H18Cl2F3N3O2/c1-15(34)32(20-10-4-17(5-11-20)25(28,29)30)24(35)22-14-23(16-2-6-18(26)7-3-16)33(31-22)21-12-8-19(27)9-13-21/h2-13,23H,14H2,1H3. The number of rotatable bonds is 4. The molecule has 5 nitrogen and oxygen atoms in total. The second kappa shape index (κ2) is 9.71. The molecule has 0 radical (unpaired) electrons. The number of alkyl halides is 3. The van der Waals surface area contributed by atoms with E-state index in [2.05, 4.69) is 5.10 Å². The van der Waals surface area contributed by atoms with Crippen molar-refractivity contribution >= 4 is 52.1 Å². The number of benzene rings is 3. The maximum Gasteiger partial charge on any atom is 0.416 e. The third kappa shape index (κ3) is 5.33. The Morgan fingerprint density at radius 1 is 0.914 bits per heavy atom. The van der Waals surface area contributed by atoms with Gasteiger partial charge in [-0.15, -0.1) is 0 Å². The number of nitrogens with zero attached hydrogens (tertiary/aromatic N) is 3. The van der Waals surface area contributed by atoms with Gasteiger partial charge in [0, 0.05) is 23.4 Å². The van der Waals surface area contributed by atoms with Crippen LogP contribution in [0, 0.1) is 0 Å². The lowest BCUT2D eigenvalue weighted by Gasteiger charge is -2.24. The zero-order valence-corrected chi connectivity index (χ0v) is 19.8. The van der Waals surface area contributed by atoms with Crippen molar-refractivity contribution in [1.29, 1.82) is 0 Å². The van der Waals surface area contributed by atoms with Crippen molar-refractivity contribution in [2.24, 2.45) is 5.10 Å². The lowest BCUT2D eigenvalue weighted by molar-refractivity contribution is -0.137. The predicted molar refractivity (Wildman–Crippen MR) is 130 cm³/mol. The van der Waals surface area contributed by atoms with Crippen molar-refractivity contribution in [3.8, 4) is 0 Å². The van der Waals surface area contributed by atoms with Gasteiger partial charge in [0.05, 0.1) is 23.0 Å². The number of halogens is 5. The smallest absolute Gasteiger partial charge is 0.274 e. The normalized spacial score (nSPS) is 15.7. The second-order valence-electron chi connectivity index (χ2n) is 7.84. The third-order valence-corrected chi connectivity index (χ3v) is 5.98. The molecular formula is C25H18Cl2F3N3O2. The van der Waals surface area contributed by atoms with E-state index in [1.165, 1.54) is 6.92 Å². The van der Waals surface area contributed by atoms with Crippen LogP contribution in [0.5, 0.6) is 0 Å². The molecule has 10 heteroatoms. The highest BCUT2D eigenvalue weighted by Gasteiger charge is 2.36. The topological polar surface area (TPSA) is 53.0 Å². The largest absolute Gasteiger partial charge is 0.416 e. The van der Waals surface area contributed by atoms with Gasteiger partial charge < -0.3 is 0 Å². The van der Waals surface area contributed by atoms with E-state index in [4.69, 9.17) is 23.2 Å². The van der Waals surface area contributed by atoms with Gasteiger partial charge in [-0.1, -0.05) is 35.3 Å². The highest BCUT2D eigenvalue weighted by atomic mass is 35.5. The Kier molecular flexibility index (Phi) is 6.87. The van der Waals surface area contributed by atoms with Crippen molar-refractivity contribution in [3.05, 3.63) is 94.0 Å². The summed E-state index contributed by atoms with van der Waals surface area (Å²) >= 11 is 12.0.